The number of rotatable bonds is 5. The van der Waals surface area contributed by atoms with Crippen molar-refractivity contribution in [2.45, 2.75) is 58.9 Å². The maximum Gasteiger partial charge on any atom is 0.152 e. The molecule has 0 spiro atoms. The lowest BCUT2D eigenvalue weighted by Crippen LogP contribution is -2.48. The Labute approximate surface area is 94.0 Å². The van der Waals surface area contributed by atoms with Crippen molar-refractivity contribution in [1.82, 2.24) is 4.90 Å². The lowest BCUT2D eigenvalue weighted by Gasteiger charge is -2.34. The molecule has 1 saturated heterocycles. The summed E-state index contributed by atoms with van der Waals surface area (Å²) in [5, 5.41) is 0. The Bertz CT molecular complexity index is 217. The maximum absolute atomic E-state index is 12.2. The van der Waals surface area contributed by atoms with Gasteiger partial charge in [-0.15, -0.1) is 0 Å². The van der Waals surface area contributed by atoms with Crippen molar-refractivity contribution < 1.29 is 4.79 Å². The third-order valence-electron chi connectivity index (χ3n) is 3.81. The van der Waals surface area contributed by atoms with E-state index < -0.39 is 0 Å². The van der Waals surface area contributed by atoms with Crippen molar-refractivity contribution in [1.29, 1.82) is 0 Å². The average molecular weight is 211 g/mol. The molecule has 2 heteroatoms. The van der Waals surface area contributed by atoms with Crippen molar-refractivity contribution in [3.8, 4) is 0 Å². The van der Waals surface area contributed by atoms with Crippen LogP contribution < -0.4 is 0 Å². The number of nitrogens with zero attached hydrogens (tertiary/aromatic N) is 1. The molecule has 0 aromatic carbocycles. The predicted molar refractivity (Wildman–Crippen MR) is 64.0 cm³/mol. The van der Waals surface area contributed by atoms with Crippen LogP contribution in [0.15, 0.2) is 0 Å². The normalized spacial score (nSPS) is 20.5. The van der Waals surface area contributed by atoms with E-state index in [9.17, 15) is 4.79 Å². The summed E-state index contributed by atoms with van der Waals surface area (Å²) in [6.07, 6.45) is 4.34. The average Bonchev–Trinajstić information content (AvgIpc) is 2.70. The van der Waals surface area contributed by atoms with Gasteiger partial charge in [0.1, 0.15) is 0 Å². The number of hydrogen-bond donors (Lipinski definition) is 0. The first kappa shape index (κ1) is 12.7. The lowest BCUT2D eigenvalue weighted by atomic mass is 9.89. The van der Waals surface area contributed by atoms with Gasteiger partial charge in [-0.25, -0.2) is 0 Å². The Kier molecular flexibility index (Phi) is 4.32. The Morgan fingerprint density at radius 1 is 1.33 bits per heavy atom. The second kappa shape index (κ2) is 5.11. The molecule has 1 unspecified atom stereocenters. The smallest absolute Gasteiger partial charge is 0.152 e. The third-order valence-corrected chi connectivity index (χ3v) is 3.81. The van der Waals surface area contributed by atoms with E-state index >= 15 is 0 Å². The van der Waals surface area contributed by atoms with Crippen molar-refractivity contribution in [2.75, 3.05) is 13.1 Å². The van der Waals surface area contributed by atoms with E-state index in [1.165, 1.54) is 12.8 Å². The van der Waals surface area contributed by atoms with Gasteiger partial charge in [0, 0.05) is 6.42 Å². The highest BCUT2D eigenvalue weighted by Crippen LogP contribution is 2.24. The minimum absolute atomic E-state index is 0.236. The van der Waals surface area contributed by atoms with Crippen LogP contribution >= 0.6 is 0 Å². The lowest BCUT2D eigenvalue weighted by molar-refractivity contribution is -0.129. The Morgan fingerprint density at radius 3 is 2.33 bits per heavy atom. The number of carbonyl (C=O) groups is 1. The van der Waals surface area contributed by atoms with Gasteiger partial charge in [0.15, 0.2) is 5.78 Å². The first-order chi connectivity index (χ1) is 6.98. The Morgan fingerprint density at radius 2 is 1.87 bits per heavy atom. The molecule has 0 N–H and O–H groups in total. The fraction of sp³-hybridized carbons (Fsp3) is 0.923. The van der Waals surface area contributed by atoms with Gasteiger partial charge in [0.05, 0.1) is 5.54 Å². The summed E-state index contributed by atoms with van der Waals surface area (Å²) in [5.41, 5.74) is -0.236. The summed E-state index contributed by atoms with van der Waals surface area (Å²) >= 11 is 0. The van der Waals surface area contributed by atoms with Crippen LogP contribution in [-0.4, -0.2) is 29.3 Å². The van der Waals surface area contributed by atoms with Gasteiger partial charge in [-0.05, 0) is 45.7 Å². The number of ketones is 1. The van der Waals surface area contributed by atoms with Gasteiger partial charge >= 0.3 is 0 Å². The second-order valence-corrected chi connectivity index (χ2v) is 5.39. The Balaban J connectivity index is 2.55. The van der Waals surface area contributed by atoms with E-state index in [-0.39, 0.29) is 5.54 Å². The van der Waals surface area contributed by atoms with Crippen LogP contribution in [0.1, 0.15) is 53.4 Å². The number of carbonyl (C=O) groups excluding carboxylic acids is 1. The number of likely N-dealkylation sites (tertiary alicyclic amines) is 1. The minimum Gasteiger partial charge on any atom is -0.298 e. The molecule has 1 heterocycles. The molecule has 0 aliphatic carbocycles. The van der Waals surface area contributed by atoms with E-state index in [0.29, 0.717) is 11.7 Å². The van der Waals surface area contributed by atoms with Gasteiger partial charge in [0.25, 0.3) is 0 Å². The van der Waals surface area contributed by atoms with Crippen molar-refractivity contribution >= 4 is 5.78 Å². The number of Topliss-reactive ketones (excluding diaryl/α,β-unsaturated/α-hetero) is 1. The molecule has 88 valence electrons. The molecule has 0 bridgehead atoms. The third kappa shape index (κ3) is 3.04. The van der Waals surface area contributed by atoms with Crippen LogP contribution in [0.3, 0.4) is 0 Å². The highest BCUT2D eigenvalue weighted by atomic mass is 16.1. The molecule has 0 aromatic heterocycles. The minimum atomic E-state index is -0.236. The first-order valence-electron chi connectivity index (χ1n) is 6.26. The molecule has 1 rings (SSSR count). The summed E-state index contributed by atoms with van der Waals surface area (Å²) in [6, 6.07) is 0. The van der Waals surface area contributed by atoms with Gasteiger partial charge in [-0.1, -0.05) is 20.3 Å². The van der Waals surface area contributed by atoms with Crippen LogP contribution in [0, 0.1) is 5.92 Å². The first-order valence-corrected chi connectivity index (χ1v) is 6.26. The number of hydrogen-bond acceptors (Lipinski definition) is 2. The largest absolute Gasteiger partial charge is 0.298 e. The second-order valence-electron chi connectivity index (χ2n) is 5.39. The molecule has 1 aliphatic rings. The highest BCUT2D eigenvalue weighted by molar-refractivity contribution is 5.87. The molecule has 15 heavy (non-hydrogen) atoms. The summed E-state index contributed by atoms with van der Waals surface area (Å²) in [5.74, 6) is 0.943. The molecule has 1 aliphatic heterocycles. The van der Waals surface area contributed by atoms with Crippen LogP contribution in [0.5, 0.6) is 0 Å². The van der Waals surface area contributed by atoms with Gasteiger partial charge in [-0.2, -0.15) is 0 Å². The highest BCUT2D eigenvalue weighted by Gasteiger charge is 2.35. The summed E-state index contributed by atoms with van der Waals surface area (Å²) in [6.45, 7) is 10.7. The molecule has 0 radical (unpaired) electrons. The van der Waals surface area contributed by atoms with E-state index in [1.54, 1.807) is 0 Å². The van der Waals surface area contributed by atoms with Crippen molar-refractivity contribution in [3.05, 3.63) is 0 Å². The fourth-order valence-electron chi connectivity index (χ4n) is 2.16. The fourth-order valence-corrected chi connectivity index (χ4v) is 2.16. The van der Waals surface area contributed by atoms with Crippen LogP contribution in [0.4, 0.5) is 0 Å². The topological polar surface area (TPSA) is 20.3 Å². The van der Waals surface area contributed by atoms with Gasteiger partial charge < -0.3 is 0 Å². The van der Waals surface area contributed by atoms with Crippen LogP contribution in [0.2, 0.25) is 0 Å². The molecular weight excluding hydrogens is 186 g/mol. The van der Waals surface area contributed by atoms with Crippen LogP contribution in [0.25, 0.3) is 0 Å². The zero-order chi connectivity index (χ0) is 11.5. The van der Waals surface area contributed by atoms with Gasteiger partial charge in [-0.3, -0.25) is 9.69 Å². The van der Waals surface area contributed by atoms with Crippen molar-refractivity contribution in [2.24, 2.45) is 5.92 Å². The van der Waals surface area contributed by atoms with E-state index in [1.807, 2.05) is 0 Å². The molecular formula is C13H25NO. The quantitative estimate of drug-likeness (QED) is 0.697. The predicted octanol–water partition coefficient (Wildman–Crippen LogP) is 2.87. The molecule has 0 saturated carbocycles. The van der Waals surface area contributed by atoms with E-state index in [0.717, 1.165) is 25.9 Å². The van der Waals surface area contributed by atoms with E-state index in [4.69, 9.17) is 0 Å². The summed E-state index contributed by atoms with van der Waals surface area (Å²) < 4.78 is 0. The summed E-state index contributed by atoms with van der Waals surface area (Å²) in [7, 11) is 0. The standard InChI is InChI=1S/C13H25NO/c1-5-11(2)10-12(15)13(3,4)14-8-6-7-9-14/h11H,5-10H2,1-4H3. The monoisotopic (exact) mass is 211 g/mol. The zero-order valence-electron chi connectivity index (χ0n) is 10.7. The molecule has 1 atom stereocenters. The Hall–Kier alpha value is -0.370. The maximum atomic E-state index is 12.2. The molecule has 0 amide bonds. The SMILES string of the molecule is CCC(C)CC(=O)C(C)(C)N1CCCC1. The molecule has 2 nitrogen and oxygen atoms in total. The molecule has 0 aromatic rings. The summed E-state index contributed by atoms with van der Waals surface area (Å²) in [4.78, 5) is 14.5. The van der Waals surface area contributed by atoms with Gasteiger partial charge in [0.2, 0.25) is 0 Å². The zero-order valence-corrected chi connectivity index (χ0v) is 10.7. The van der Waals surface area contributed by atoms with Crippen LogP contribution in [-0.2, 0) is 4.79 Å². The molecule has 1 fully saturated rings. The van der Waals surface area contributed by atoms with E-state index in [2.05, 4.69) is 32.6 Å². The van der Waals surface area contributed by atoms with Crippen molar-refractivity contribution in [3.63, 3.8) is 0 Å².